The first-order valence-electron chi connectivity index (χ1n) is 5.29. The van der Waals surface area contributed by atoms with Crippen LogP contribution in [0.25, 0.3) is 0 Å². The molecule has 0 atom stereocenters. The Morgan fingerprint density at radius 1 is 1.16 bits per heavy atom. The standard InChI is InChI=1S/C13H9Cl2FN2O/c14-8-2-1-3-11(12(8)16)18-13(19)7-4-5-10(17)9(15)6-7/h1-6H,17H2,(H,18,19). The highest BCUT2D eigenvalue weighted by atomic mass is 35.5. The van der Waals surface area contributed by atoms with E-state index < -0.39 is 11.7 Å². The molecule has 0 aliphatic heterocycles. The second kappa shape index (κ2) is 5.47. The molecule has 0 spiro atoms. The number of nitrogens with one attached hydrogen (secondary N) is 1. The molecule has 0 fully saturated rings. The van der Waals surface area contributed by atoms with Crippen LogP contribution < -0.4 is 11.1 Å². The van der Waals surface area contributed by atoms with E-state index in [4.69, 9.17) is 28.9 Å². The molecule has 0 saturated heterocycles. The van der Waals surface area contributed by atoms with Gasteiger partial charge in [0.15, 0.2) is 5.82 Å². The molecule has 0 saturated carbocycles. The van der Waals surface area contributed by atoms with E-state index in [1.807, 2.05) is 0 Å². The first-order chi connectivity index (χ1) is 8.99. The van der Waals surface area contributed by atoms with E-state index in [-0.39, 0.29) is 21.3 Å². The largest absolute Gasteiger partial charge is 0.398 e. The Morgan fingerprint density at radius 3 is 2.58 bits per heavy atom. The lowest BCUT2D eigenvalue weighted by Crippen LogP contribution is -2.13. The predicted octanol–water partition coefficient (Wildman–Crippen LogP) is 3.97. The number of hydrogen-bond donors (Lipinski definition) is 2. The van der Waals surface area contributed by atoms with E-state index in [1.165, 1.54) is 36.4 Å². The third-order valence-electron chi connectivity index (χ3n) is 2.46. The molecule has 0 unspecified atom stereocenters. The number of rotatable bonds is 2. The highest BCUT2D eigenvalue weighted by Gasteiger charge is 2.12. The number of carbonyl (C=O) groups excluding carboxylic acids is 1. The molecule has 2 aromatic rings. The summed E-state index contributed by atoms with van der Waals surface area (Å²) in [6, 6.07) is 8.76. The molecule has 0 bridgehead atoms. The van der Waals surface area contributed by atoms with Gasteiger partial charge in [0, 0.05) is 5.56 Å². The first-order valence-corrected chi connectivity index (χ1v) is 6.05. The van der Waals surface area contributed by atoms with Crippen molar-refractivity contribution < 1.29 is 9.18 Å². The molecule has 1 amide bonds. The lowest BCUT2D eigenvalue weighted by molar-refractivity contribution is 0.102. The van der Waals surface area contributed by atoms with Crippen molar-refractivity contribution in [2.75, 3.05) is 11.1 Å². The maximum absolute atomic E-state index is 13.6. The molecular formula is C13H9Cl2FN2O. The average Bonchev–Trinajstić information content (AvgIpc) is 2.38. The molecule has 0 aliphatic carbocycles. The van der Waals surface area contributed by atoms with Crippen molar-refractivity contribution in [3.05, 3.63) is 57.8 Å². The maximum Gasteiger partial charge on any atom is 0.255 e. The third-order valence-corrected chi connectivity index (χ3v) is 3.08. The van der Waals surface area contributed by atoms with Gasteiger partial charge in [-0.15, -0.1) is 0 Å². The van der Waals surface area contributed by atoms with Crippen molar-refractivity contribution in [3.63, 3.8) is 0 Å². The zero-order valence-corrected chi connectivity index (χ0v) is 11.1. The molecule has 0 radical (unpaired) electrons. The van der Waals surface area contributed by atoms with Gasteiger partial charge in [-0.3, -0.25) is 4.79 Å². The van der Waals surface area contributed by atoms with Gasteiger partial charge in [-0.2, -0.15) is 0 Å². The summed E-state index contributed by atoms with van der Waals surface area (Å²) >= 11 is 11.4. The van der Waals surface area contributed by atoms with E-state index in [0.717, 1.165) is 0 Å². The van der Waals surface area contributed by atoms with Crippen LogP contribution in [0.5, 0.6) is 0 Å². The second-order valence-electron chi connectivity index (χ2n) is 3.79. The summed E-state index contributed by atoms with van der Waals surface area (Å²) in [6.07, 6.45) is 0. The molecule has 0 aromatic heterocycles. The summed E-state index contributed by atoms with van der Waals surface area (Å²) in [5.41, 5.74) is 6.19. The zero-order valence-electron chi connectivity index (χ0n) is 9.58. The van der Waals surface area contributed by atoms with Crippen LogP contribution >= 0.6 is 23.2 Å². The van der Waals surface area contributed by atoms with Gasteiger partial charge >= 0.3 is 0 Å². The van der Waals surface area contributed by atoms with Gasteiger partial charge in [-0.05, 0) is 30.3 Å². The van der Waals surface area contributed by atoms with Crippen molar-refractivity contribution in [2.24, 2.45) is 0 Å². The number of halogens is 3. The molecule has 2 aromatic carbocycles. The van der Waals surface area contributed by atoms with Crippen LogP contribution in [0.3, 0.4) is 0 Å². The molecular weight excluding hydrogens is 290 g/mol. The van der Waals surface area contributed by atoms with E-state index in [1.54, 1.807) is 0 Å². The molecule has 6 heteroatoms. The number of amides is 1. The topological polar surface area (TPSA) is 55.1 Å². The van der Waals surface area contributed by atoms with Crippen LogP contribution in [0, 0.1) is 5.82 Å². The summed E-state index contributed by atoms with van der Waals surface area (Å²) in [4.78, 5) is 11.9. The van der Waals surface area contributed by atoms with Gasteiger partial charge in [-0.25, -0.2) is 4.39 Å². The van der Waals surface area contributed by atoms with Crippen LogP contribution in [0.2, 0.25) is 10.0 Å². The van der Waals surface area contributed by atoms with Gasteiger partial charge in [0.1, 0.15) is 0 Å². The summed E-state index contributed by atoms with van der Waals surface area (Å²) in [6.45, 7) is 0. The SMILES string of the molecule is Nc1ccc(C(=O)Nc2cccc(Cl)c2F)cc1Cl. The van der Waals surface area contributed by atoms with Crippen molar-refractivity contribution in [2.45, 2.75) is 0 Å². The fourth-order valence-electron chi connectivity index (χ4n) is 1.46. The molecule has 19 heavy (non-hydrogen) atoms. The van der Waals surface area contributed by atoms with Crippen LogP contribution in [-0.2, 0) is 0 Å². The maximum atomic E-state index is 13.6. The number of benzene rings is 2. The normalized spacial score (nSPS) is 10.3. The highest BCUT2D eigenvalue weighted by molar-refractivity contribution is 6.33. The summed E-state index contributed by atoms with van der Waals surface area (Å²) < 4.78 is 13.6. The predicted molar refractivity (Wildman–Crippen MR) is 75.2 cm³/mol. The van der Waals surface area contributed by atoms with Crippen molar-refractivity contribution in [3.8, 4) is 0 Å². The quantitative estimate of drug-likeness (QED) is 0.824. The molecule has 3 N–H and O–H groups in total. The highest BCUT2D eigenvalue weighted by Crippen LogP contribution is 2.24. The van der Waals surface area contributed by atoms with E-state index in [9.17, 15) is 9.18 Å². The van der Waals surface area contributed by atoms with Gasteiger partial charge in [0.05, 0.1) is 21.4 Å². The molecule has 3 nitrogen and oxygen atoms in total. The number of nitrogen functional groups attached to an aromatic ring is 1. The molecule has 0 aliphatic rings. The summed E-state index contributed by atoms with van der Waals surface area (Å²) in [7, 11) is 0. The fourth-order valence-corrected chi connectivity index (χ4v) is 1.82. The minimum atomic E-state index is -0.681. The average molecular weight is 299 g/mol. The van der Waals surface area contributed by atoms with E-state index >= 15 is 0 Å². The lowest BCUT2D eigenvalue weighted by atomic mass is 10.2. The Bertz CT molecular complexity index is 647. The van der Waals surface area contributed by atoms with E-state index in [2.05, 4.69) is 5.32 Å². The van der Waals surface area contributed by atoms with Crippen LogP contribution in [0.4, 0.5) is 15.8 Å². The number of nitrogens with two attached hydrogens (primary N) is 1. The minimum Gasteiger partial charge on any atom is -0.398 e. The van der Waals surface area contributed by atoms with Crippen molar-refractivity contribution in [1.82, 2.24) is 0 Å². The van der Waals surface area contributed by atoms with E-state index in [0.29, 0.717) is 5.69 Å². The Hall–Kier alpha value is -1.78. The van der Waals surface area contributed by atoms with Crippen LogP contribution in [0.15, 0.2) is 36.4 Å². The number of anilines is 2. The molecule has 0 heterocycles. The van der Waals surface area contributed by atoms with Crippen LogP contribution in [-0.4, -0.2) is 5.91 Å². The second-order valence-corrected chi connectivity index (χ2v) is 4.61. The monoisotopic (exact) mass is 298 g/mol. The molecule has 2 rings (SSSR count). The van der Waals surface area contributed by atoms with Gasteiger partial charge in [0.2, 0.25) is 0 Å². The van der Waals surface area contributed by atoms with Gasteiger partial charge < -0.3 is 11.1 Å². The number of hydrogen-bond acceptors (Lipinski definition) is 2. The smallest absolute Gasteiger partial charge is 0.255 e. The van der Waals surface area contributed by atoms with Crippen molar-refractivity contribution >= 4 is 40.5 Å². The summed E-state index contributed by atoms with van der Waals surface area (Å²) in [5.74, 6) is -1.18. The minimum absolute atomic E-state index is 0.00504. The Balaban J connectivity index is 2.26. The van der Waals surface area contributed by atoms with Crippen molar-refractivity contribution in [1.29, 1.82) is 0 Å². The zero-order chi connectivity index (χ0) is 14.0. The number of carbonyl (C=O) groups is 1. The Labute approximate surface area is 119 Å². The molecule has 98 valence electrons. The lowest BCUT2D eigenvalue weighted by Gasteiger charge is -2.08. The van der Waals surface area contributed by atoms with Crippen LogP contribution in [0.1, 0.15) is 10.4 Å². The first kappa shape index (κ1) is 13.6. The fraction of sp³-hybridized carbons (Fsp3) is 0. The van der Waals surface area contributed by atoms with Gasteiger partial charge in [0.25, 0.3) is 5.91 Å². The summed E-state index contributed by atoms with van der Waals surface area (Å²) in [5, 5.41) is 2.62. The van der Waals surface area contributed by atoms with Gasteiger partial charge in [-0.1, -0.05) is 29.3 Å². The Morgan fingerprint density at radius 2 is 1.89 bits per heavy atom. The Kier molecular flexibility index (Phi) is 3.93. The third kappa shape index (κ3) is 2.97.